The summed E-state index contributed by atoms with van der Waals surface area (Å²) in [6.07, 6.45) is 1.13. The van der Waals surface area contributed by atoms with E-state index in [2.05, 4.69) is 17.6 Å². The molecule has 4 nitrogen and oxygen atoms in total. The van der Waals surface area contributed by atoms with Crippen LogP contribution >= 0.6 is 0 Å². The maximum Gasteiger partial charge on any atom is 0.234 e. The molecule has 0 aromatic carbocycles. The van der Waals surface area contributed by atoms with Gasteiger partial charge >= 0.3 is 0 Å². The molecule has 2 N–H and O–H groups in total. The first-order chi connectivity index (χ1) is 6.94. The maximum absolute atomic E-state index is 11.4. The zero-order chi connectivity index (χ0) is 11.5. The third kappa shape index (κ3) is 3.47. The smallest absolute Gasteiger partial charge is 0.234 e. The summed E-state index contributed by atoms with van der Waals surface area (Å²) in [5, 5.41) is 6.13. The van der Waals surface area contributed by atoms with E-state index in [9.17, 15) is 4.79 Å². The Morgan fingerprint density at radius 1 is 1.60 bits per heavy atom. The first-order valence-corrected chi connectivity index (χ1v) is 5.60. The molecule has 1 saturated heterocycles. The Morgan fingerprint density at radius 3 is 2.73 bits per heavy atom. The van der Waals surface area contributed by atoms with Crippen molar-refractivity contribution in [2.75, 3.05) is 13.2 Å². The SMILES string of the molecule is CC(C)NC(=O)CNC1(C)CCOC1C. The molecule has 0 saturated carbocycles. The lowest BCUT2D eigenvalue weighted by Gasteiger charge is -2.28. The largest absolute Gasteiger partial charge is 0.377 e. The van der Waals surface area contributed by atoms with E-state index in [4.69, 9.17) is 4.74 Å². The predicted molar refractivity (Wildman–Crippen MR) is 59.7 cm³/mol. The molecule has 88 valence electrons. The van der Waals surface area contributed by atoms with Crippen LogP contribution in [-0.4, -0.2) is 36.7 Å². The molecule has 1 heterocycles. The van der Waals surface area contributed by atoms with Crippen molar-refractivity contribution in [2.45, 2.75) is 51.8 Å². The normalized spacial score (nSPS) is 30.9. The van der Waals surface area contributed by atoms with Crippen molar-refractivity contribution in [3.05, 3.63) is 0 Å². The van der Waals surface area contributed by atoms with E-state index >= 15 is 0 Å². The zero-order valence-corrected chi connectivity index (χ0v) is 10.1. The highest BCUT2D eigenvalue weighted by atomic mass is 16.5. The van der Waals surface area contributed by atoms with Crippen molar-refractivity contribution in [3.8, 4) is 0 Å². The van der Waals surface area contributed by atoms with Gasteiger partial charge in [-0.25, -0.2) is 0 Å². The lowest BCUT2D eigenvalue weighted by molar-refractivity contribution is -0.121. The van der Waals surface area contributed by atoms with Crippen molar-refractivity contribution in [1.29, 1.82) is 0 Å². The monoisotopic (exact) mass is 214 g/mol. The number of carbonyl (C=O) groups is 1. The van der Waals surface area contributed by atoms with Crippen LogP contribution in [0, 0.1) is 0 Å². The van der Waals surface area contributed by atoms with Crippen molar-refractivity contribution in [3.63, 3.8) is 0 Å². The molecule has 2 unspecified atom stereocenters. The molecule has 0 spiro atoms. The first kappa shape index (κ1) is 12.5. The van der Waals surface area contributed by atoms with Crippen molar-refractivity contribution < 1.29 is 9.53 Å². The summed E-state index contributed by atoms with van der Waals surface area (Å²) in [6, 6.07) is 0.198. The van der Waals surface area contributed by atoms with E-state index in [0.29, 0.717) is 6.54 Å². The highest BCUT2D eigenvalue weighted by Gasteiger charge is 2.36. The second-order valence-corrected chi connectivity index (χ2v) is 4.76. The number of hydrogen-bond acceptors (Lipinski definition) is 3. The van der Waals surface area contributed by atoms with E-state index < -0.39 is 0 Å². The van der Waals surface area contributed by atoms with Gasteiger partial charge in [0.05, 0.1) is 12.6 Å². The van der Waals surface area contributed by atoms with Gasteiger partial charge in [-0.15, -0.1) is 0 Å². The van der Waals surface area contributed by atoms with Gasteiger partial charge in [0.25, 0.3) is 0 Å². The average molecular weight is 214 g/mol. The van der Waals surface area contributed by atoms with Crippen molar-refractivity contribution in [1.82, 2.24) is 10.6 Å². The Labute approximate surface area is 91.8 Å². The summed E-state index contributed by atoms with van der Waals surface area (Å²) in [4.78, 5) is 11.4. The number of carbonyl (C=O) groups excluding carboxylic acids is 1. The molecule has 15 heavy (non-hydrogen) atoms. The van der Waals surface area contributed by atoms with E-state index in [-0.39, 0.29) is 23.6 Å². The Balaban J connectivity index is 2.33. The van der Waals surface area contributed by atoms with Crippen LogP contribution in [0.1, 0.15) is 34.1 Å². The Hall–Kier alpha value is -0.610. The minimum absolute atomic E-state index is 0.0466. The summed E-state index contributed by atoms with van der Waals surface area (Å²) >= 11 is 0. The van der Waals surface area contributed by atoms with Crippen LogP contribution in [0.25, 0.3) is 0 Å². The van der Waals surface area contributed by atoms with Gasteiger partial charge in [-0.05, 0) is 34.1 Å². The summed E-state index contributed by atoms with van der Waals surface area (Å²) in [7, 11) is 0. The molecule has 0 bridgehead atoms. The number of nitrogens with one attached hydrogen (secondary N) is 2. The zero-order valence-electron chi connectivity index (χ0n) is 10.1. The molecule has 0 aliphatic carbocycles. The number of ether oxygens (including phenoxy) is 1. The molecule has 1 rings (SSSR count). The molecule has 4 heteroatoms. The molecule has 1 aliphatic rings. The van der Waals surface area contributed by atoms with Crippen molar-refractivity contribution in [2.24, 2.45) is 0 Å². The third-order valence-electron chi connectivity index (χ3n) is 2.99. The highest BCUT2D eigenvalue weighted by Crippen LogP contribution is 2.24. The highest BCUT2D eigenvalue weighted by molar-refractivity contribution is 5.78. The van der Waals surface area contributed by atoms with Crippen LogP contribution < -0.4 is 10.6 Å². The van der Waals surface area contributed by atoms with Gasteiger partial charge in [-0.3, -0.25) is 4.79 Å². The van der Waals surface area contributed by atoms with Crippen LogP contribution in [0.2, 0.25) is 0 Å². The summed E-state index contributed by atoms with van der Waals surface area (Å²) < 4.78 is 5.49. The quantitative estimate of drug-likeness (QED) is 0.723. The third-order valence-corrected chi connectivity index (χ3v) is 2.99. The lowest BCUT2D eigenvalue weighted by atomic mass is 9.95. The van der Waals surface area contributed by atoms with E-state index in [1.807, 2.05) is 20.8 Å². The van der Waals surface area contributed by atoms with Gasteiger partial charge in [0.1, 0.15) is 0 Å². The van der Waals surface area contributed by atoms with Crippen LogP contribution in [0.5, 0.6) is 0 Å². The first-order valence-electron chi connectivity index (χ1n) is 5.60. The van der Waals surface area contributed by atoms with Gasteiger partial charge in [0.2, 0.25) is 5.91 Å². The van der Waals surface area contributed by atoms with E-state index in [1.54, 1.807) is 0 Å². The molecule has 0 radical (unpaired) electrons. The predicted octanol–water partition coefficient (Wildman–Crippen LogP) is 0.668. The topological polar surface area (TPSA) is 50.4 Å². The lowest BCUT2D eigenvalue weighted by Crippen LogP contribution is -2.51. The van der Waals surface area contributed by atoms with E-state index in [0.717, 1.165) is 13.0 Å². The molecular weight excluding hydrogens is 192 g/mol. The van der Waals surface area contributed by atoms with Gasteiger partial charge in [-0.1, -0.05) is 0 Å². The van der Waals surface area contributed by atoms with Gasteiger partial charge in [0.15, 0.2) is 0 Å². The van der Waals surface area contributed by atoms with E-state index in [1.165, 1.54) is 0 Å². The number of hydrogen-bond donors (Lipinski definition) is 2. The van der Waals surface area contributed by atoms with Gasteiger partial charge in [-0.2, -0.15) is 0 Å². The average Bonchev–Trinajstić information content (AvgIpc) is 2.44. The molecule has 1 aliphatic heterocycles. The second kappa shape index (κ2) is 4.94. The number of amides is 1. The minimum atomic E-state index is -0.0612. The van der Waals surface area contributed by atoms with Gasteiger partial charge in [0, 0.05) is 18.2 Å². The fourth-order valence-electron chi connectivity index (χ4n) is 1.72. The fourth-order valence-corrected chi connectivity index (χ4v) is 1.72. The molecule has 1 amide bonds. The molecule has 0 aromatic heterocycles. The van der Waals surface area contributed by atoms with Crippen LogP contribution in [0.3, 0.4) is 0 Å². The maximum atomic E-state index is 11.4. The molecule has 1 fully saturated rings. The number of rotatable bonds is 4. The Kier molecular flexibility index (Phi) is 4.11. The fraction of sp³-hybridized carbons (Fsp3) is 0.909. The molecule has 2 atom stereocenters. The summed E-state index contributed by atoms with van der Waals surface area (Å²) in [5.74, 6) is 0.0466. The van der Waals surface area contributed by atoms with Crippen LogP contribution in [0.4, 0.5) is 0 Å². The molecule has 0 aromatic rings. The minimum Gasteiger partial charge on any atom is -0.377 e. The second-order valence-electron chi connectivity index (χ2n) is 4.76. The van der Waals surface area contributed by atoms with Gasteiger partial charge < -0.3 is 15.4 Å². The molecular formula is C11H22N2O2. The standard InChI is InChI=1S/C11H22N2O2/c1-8(2)13-10(14)7-12-11(4)5-6-15-9(11)3/h8-9,12H,5-7H2,1-4H3,(H,13,14). The van der Waals surface area contributed by atoms with Crippen LogP contribution in [-0.2, 0) is 9.53 Å². The van der Waals surface area contributed by atoms with Crippen molar-refractivity contribution >= 4 is 5.91 Å². The Morgan fingerprint density at radius 2 is 2.27 bits per heavy atom. The Bertz CT molecular complexity index is 231. The summed E-state index contributed by atoms with van der Waals surface area (Å²) in [6.45, 7) is 9.20. The summed E-state index contributed by atoms with van der Waals surface area (Å²) in [5.41, 5.74) is -0.0612. The van der Waals surface area contributed by atoms with Crippen LogP contribution in [0.15, 0.2) is 0 Å².